The highest BCUT2D eigenvalue weighted by molar-refractivity contribution is 5.85. The van der Waals surface area contributed by atoms with E-state index in [9.17, 15) is 0 Å². The van der Waals surface area contributed by atoms with Gasteiger partial charge in [0.25, 0.3) is 0 Å². The summed E-state index contributed by atoms with van der Waals surface area (Å²) in [6.07, 6.45) is 12.6. The summed E-state index contributed by atoms with van der Waals surface area (Å²) in [6, 6.07) is 18.8. The maximum atomic E-state index is 5.25. The van der Waals surface area contributed by atoms with Gasteiger partial charge in [-0.25, -0.2) is 4.98 Å². The van der Waals surface area contributed by atoms with Crippen LogP contribution in [0, 0.1) is 30.6 Å². The number of nitrogens with zero attached hydrogens (tertiary/aromatic N) is 1. The van der Waals surface area contributed by atoms with E-state index in [1.807, 2.05) is 0 Å². The predicted molar refractivity (Wildman–Crippen MR) is 144 cm³/mol. The van der Waals surface area contributed by atoms with Gasteiger partial charge < -0.3 is 0 Å². The summed E-state index contributed by atoms with van der Waals surface area (Å²) in [5.74, 6) is 4.88. The second-order valence-electron chi connectivity index (χ2n) is 12.3. The van der Waals surface area contributed by atoms with Gasteiger partial charge in [0.2, 0.25) is 0 Å². The summed E-state index contributed by atoms with van der Waals surface area (Å²) in [5.41, 5.74) is 8.06. The predicted octanol–water partition coefficient (Wildman–Crippen LogP) is 9.43. The molecular formula is C33H41N. The molecule has 1 heteroatoms. The number of fused-ring (bicyclic) bond motifs is 3. The SMILES string of the molecule is Cc1cc(-c2ccc3c(C4C(C)CC5CC(C)CC4C5)cccc3n2)cc(C2CCCCC2)c1. The Kier molecular flexibility index (Phi) is 6.00. The van der Waals surface area contributed by atoms with Gasteiger partial charge in [0.15, 0.2) is 0 Å². The van der Waals surface area contributed by atoms with Crippen LogP contribution in [0.15, 0.2) is 48.5 Å². The van der Waals surface area contributed by atoms with E-state index in [0.717, 1.165) is 35.3 Å². The first kappa shape index (κ1) is 22.3. The third kappa shape index (κ3) is 4.21. The highest BCUT2D eigenvalue weighted by Gasteiger charge is 2.41. The number of benzene rings is 2. The quantitative estimate of drug-likeness (QED) is 0.386. The zero-order valence-corrected chi connectivity index (χ0v) is 21.4. The molecule has 3 saturated carbocycles. The summed E-state index contributed by atoms with van der Waals surface area (Å²) in [4.78, 5) is 5.25. The Morgan fingerprint density at radius 3 is 2.53 bits per heavy atom. The van der Waals surface area contributed by atoms with E-state index in [1.165, 1.54) is 85.4 Å². The van der Waals surface area contributed by atoms with Crippen molar-refractivity contribution in [3.63, 3.8) is 0 Å². The molecule has 178 valence electrons. The average molecular weight is 452 g/mol. The van der Waals surface area contributed by atoms with E-state index in [2.05, 4.69) is 69.3 Å². The number of aryl methyl sites for hydroxylation is 1. The number of aromatic nitrogens is 1. The van der Waals surface area contributed by atoms with Crippen molar-refractivity contribution in [2.45, 2.75) is 90.4 Å². The molecule has 3 fully saturated rings. The lowest BCUT2D eigenvalue weighted by Gasteiger charge is -2.47. The fraction of sp³-hybridized carbons (Fsp3) is 0.545. The minimum atomic E-state index is 0.687. The Balaban J connectivity index is 1.36. The zero-order valence-electron chi connectivity index (χ0n) is 21.4. The lowest BCUT2D eigenvalue weighted by atomic mass is 9.58. The standard InChI is InChI=1S/C33H41N/c1-21-14-24-18-23(3)33(28(17-21)19-24)30-10-7-11-32-29(30)12-13-31(34-32)27-16-22(2)15-26(20-27)25-8-5-4-6-9-25/h7,10-13,15-16,20-21,23-25,28,33H,4-6,8-9,14,17-19H2,1-3H3. The molecule has 0 saturated heterocycles. The minimum Gasteiger partial charge on any atom is -0.248 e. The van der Waals surface area contributed by atoms with Crippen LogP contribution in [0.3, 0.4) is 0 Å². The smallest absolute Gasteiger partial charge is 0.0712 e. The highest BCUT2D eigenvalue weighted by Crippen LogP contribution is 2.53. The molecule has 0 spiro atoms. The molecule has 1 nitrogen and oxygen atoms in total. The van der Waals surface area contributed by atoms with Crippen molar-refractivity contribution in [1.29, 1.82) is 0 Å². The van der Waals surface area contributed by atoms with Crippen LogP contribution in [0.1, 0.15) is 100 Å². The number of hydrogen-bond donors (Lipinski definition) is 0. The molecule has 3 aromatic rings. The maximum absolute atomic E-state index is 5.25. The molecule has 0 amide bonds. The van der Waals surface area contributed by atoms with E-state index in [-0.39, 0.29) is 0 Å². The highest BCUT2D eigenvalue weighted by atomic mass is 14.7. The first-order chi connectivity index (χ1) is 16.5. The summed E-state index contributed by atoms with van der Waals surface area (Å²) >= 11 is 0. The third-order valence-electron chi connectivity index (χ3n) is 9.50. The molecule has 5 unspecified atom stereocenters. The molecule has 0 radical (unpaired) electrons. The number of hydrogen-bond acceptors (Lipinski definition) is 1. The monoisotopic (exact) mass is 451 g/mol. The molecule has 0 aliphatic heterocycles. The first-order valence-electron chi connectivity index (χ1n) is 14.1. The van der Waals surface area contributed by atoms with Crippen LogP contribution in [-0.4, -0.2) is 4.98 Å². The Hall–Kier alpha value is -2.15. The van der Waals surface area contributed by atoms with E-state index < -0.39 is 0 Å². The molecule has 3 aliphatic carbocycles. The zero-order chi connectivity index (χ0) is 23.2. The molecular weight excluding hydrogens is 410 g/mol. The van der Waals surface area contributed by atoms with E-state index in [4.69, 9.17) is 4.98 Å². The van der Waals surface area contributed by atoms with Gasteiger partial charge in [-0.3, -0.25) is 0 Å². The van der Waals surface area contributed by atoms with Gasteiger partial charge in [0.05, 0.1) is 11.2 Å². The van der Waals surface area contributed by atoms with Crippen molar-refractivity contribution in [2.75, 3.05) is 0 Å². The van der Waals surface area contributed by atoms with Gasteiger partial charge in [-0.05, 0) is 116 Å². The van der Waals surface area contributed by atoms with Crippen LogP contribution < -0.4 is 0 Å². The molecule has 0 N–H and O–H groups in total. The van der Waals surface area contributed by atoms with Crippen LogP contribution >= 0.6 is 0 Å². The largest absolute Gasteiger partial charge is 0.248 e. The molecule has 5 atom stereocenters. The van der Waals surface area contributed by atoms with Crippen molar-refractivity contribution >= 4 is 10.9 Å². The molecule has 1 aromatic heterocycles. The second kappa shape index (κ2) is 9.14. The Morgan fingerprint density at radius 2 is 1.68 bits per heavy atom. The van der Waals surface area contributed by atoms with E-state index in [1.54, 1.807) is 5.56 Å². The minimum absolute atomic E-state index is 0.687. The molecule has 2 bridgehead atoms. The number of pyridine rings is 1. The fourth-order valence-corrected chi connectivity index (χ4v) is 8.25. The van der Waals surface area contributed by atoms with Crippen LogP contribution in [0.25, 0.3) is 22.2 Å². The van der Waals surface area contributed by atoms with Crippen molar-refractivity contribution in [3.05, 3.63) is 65.2 Å². The van der Waals surface area contributed by atoms with Gasteiger partial charge in [-0.2, -0.15) is 0 Å². The lowest BCUT2D eigenvalue weighted by Crippen LogP contribution is -2.35. The summed E-state index contributed by atoms with van der Waals surface area (Å²) in [5, 5.41) is 1.39. The molecule has 34 heavy (non-hydrogen) atoms. The van der Waals surface area contributed by atoms with Crippen LogP contribution in [0.5, 0.6) is 0 Å². The second-order valence-corrected chi connectivity index (χ2v) is 12.3. The van der Waals surface area contributed by atoms with Crippen LogP contribution in [-0.2, 0) is 0 Å². The van der Waals surface area contributed by atoms with Gasteiger partial charge in [0.1, 0.15) is 0 Å². The van der Waals surface area contributed by atoms with Crippen LogP contribution in [0.2, 0.25) is 0 Å². The van der Waals surface area contributed by atoms with Crippen molar-refractivity contribution < 1.29 is 0 Å². The molecule has 2 aromatic carbocycles. The Bertz CT molecular complexity index is 1170. The molecule has 3 aliphatic rings. The number of rotatable bonds is 3. The summed E-state index contributed by atoms with van der Waals surface area (Å²) in [7, 11) is 0. The van der Waals surface area contributed by atoms with Gasteiger partial charge in [-0.15, -0.1) is 0 Å². The van der Waals surface area contributed by atoms with Gasteiger partial charge in [0, 0.05) is 10.9 Å². The van der Waals surface area contributed by atoms with Gasteiger partial charge in [-0.1, -0.05) is 62.9 Å². The van der Waals surface area contributed by atoms with E-state index >= 15 is 0 Å². The normalized spacial score (nSPS) is 29.9. The molecule has 1 heterocycles. The molecule has 6 rings (SSSR count). The Morgan fingerprint density at radius 1 is 0.824 bits per heavy atom. The average Bonchev–Trinajstić information content (AvgIpc) is 2.83. The fourth-order valence-electron chi connectivity index (χ4n) is 8.25. The van der Waals surface area contributed by atoms with Gasteiger partial charge >= 0.3 is 0 Å². The summed E-state index contributed by atoms with van der Waals surface area (Å²) in [6.45, 7) is 7.24. The van der Waals surface area contributed by atoms with Crippen molar-refractivity contribution in [2.24, 2.45) is 23.7 Å². The van der Waals surface area contributed by atoms with E-state index in [0.29, 0.717) is 5.92 Å². The topological polar surface area (TPSA) is 12.9 Å². The third-order valence-corrected chi connectivity index (χ3v) is 9.50. The summed E-state index contributed by atoms with van der Waals surface area (Å²) < 4.78 is 0. The van der Waals surface area contributed by atoms with Crippen LogP contribution in [0.4, 0.5) is 0 Å². The maximum Gasteiger partial charge on any atom is 0.0712 e. The van der Waals surface area contributed by atoms with Crippen molar-refractivity contribution in [3.8, 4) is 11.3 Å². The Labute approximate surface area is 206 Å². The van der Waals surface area contributed by atoms with Crippen molar-refractivity contribution in [1.82, 2.24) is 4.98 Å². The lowest BCUT2D eigenvalue weighted by molar-refractivity contribution is 0.0860. The first-order valence-corrected chi connectivity index (χ1v) is 14.1.